The zero-order valence-electron chi connectivity index (χ0n) is 10.7. The van der Waals surface area contributed by atoms with E-state index in [0.717, 1.165) is 25.1 Å². The van der Waals surface area contributed by atoms with Gasteiger partial charge in [-0.25, -0.2) is 0 Å². The van der Waals surface area contributed by atoms with Gasteiger partial charge in [0.2, 0.25) is 0 Å². The molecule has 0 atom stereocenters. The maximum Gasteiger partial charge on any atom is 0.0489 e. The Morgan fingerprint density at radius 2 is 2.11 bits per heavy atom. The second kappa shape index (κ2) is 4.37. The molecule has 0 unspecified atom stereocenters. The van der Waals surface area contributed by atoms with Crippen LogP contribution in [0, 0.1) is 0 Å². The summed E-state index contributed by atoms with van der Waals surface area (Å²) in [6.45, 7) is 3.18. The van der Waals surface area contributed by atoms with Crippen LogP contribution in [-0.2, 0) is 13.0 Å². The first-order valence-electron chi connectivity index (χ1n) is 6.53. The fourth-order valence-corrected chi connectivity index (χ4v) is 2.76. The van der Waals surface area contributed by atoms with Crippen LogP contribution < -0.4 is 5.73 Å². The van der Waals surface area contributed by atoms with Crippen molar-refractivity contribution in [2.24, 2.45) is 0 Å². The van der Waals surface area contributed by atoms with Crippen LogP contribution in [0.25, 0.3) is 17.0 Å². The lowest BCUT2D eigenvalue weighted by atomic mass is 10.0. The topological polar surface area (TPSA) is 30.9 Å². The van der Waals surface area contributed by atoms with Gasteiger partial charge < -0.3 is 10.3 Å². The maximum atomic E-state index is 5.93. The van der Waals surface area contributed by atoms with Crippen molar-refractivity contribution in [1.29, 1.82) is 0 Å². The number of anilines is 1. The summed E-state index contributed by atoms with van der Waals surface area (Å²) in [6.07, 6.45) is 11.0. The minimum atomic E-state index is 0.841. The molecular formula is C16H18N2. The van der Waals surface area contributed by atoms with E-state index in [0.29, 0.717) is 0 Å². The molecule has 0 fully saturated rings. The van der Waals surface area contributed by atoms with Crippen LogP contribution in [0.3, 0.4) is 0 Å². The van der Waals surface area contributed by atoms with E-state index in [4.69, 9.17) is 5.73 Å². The molecule has 0 radical (unpaired) electrons. The lowest BCUT2D eigenvalue weighted by Crippen LogP contribution is -1.98. The molecule has 2 N–H and O–H groups in total. The molecule has 92 valence electrons. The van der Waals surface area contributed by atoms with Crippen LogP contribution in [0.2, 0.25) is 0 Å². The molecule has 2 aromatic rings. The van der Waals surface area contributed by atoms with Gasteiger partial charge in [0.25, 0.3) is 0 Å². The van der Waals surface area contributed by atoms with Crippen LogP contribution >= 0.6 is 0 Å². The summed E-state index contributed by atoms with van der Waals surface area (Å²) in [4.78, 5) is 0. The first-order valence-corrected chi connectivity index (χ1v) is 6.53. The highest BCUT2D eigenvalue weighted by Crippen LogP contribution is 2.30. The number of fused-ring (bicyclic) bond motifs is 3. The van der Waals surface area contributed by atoms with Crippen molar-refractivity contribution in [3.05, 3.63) is 47.7 Å². The Balaban J connectivity index is 2.37. The summed E-state index contributed by atoms with van der Waals surface area (Å²) in [5, 5.41) is 1.29. The number of nitrogens with zero attached hydrogens (tertiary/aromatic N) is 1. The van der Waals surface area contributed by atoms with E-state index in [1.54, 1.807) is 0 Å². The van der Waals surface area contributed by atoms with E-state index in [9.17, 15) is 0 Å². The summed E-state index contributed by atoms with van der Waals surface area (Å²) in [6, 6.07) is 6.22. The molecule has 1 aliphatic rings. The minimum absolute atomic E-state index is 0.841. The molecular weight excluding hydrogens is 220 g/mol. The predicted molar refractivity (Wildman–Crippen MR) is 78.5 cm³/mol. The molecule has 0 amide bonds. The van der Waals surface area contributed by atoms with Crippen LogP contribution in [0.5, 0.6) is 0 Å². The molecule has 0 spiro atoms. The average molecular weight is 238 g/mol. The molecule has 0 bridgehead atoms. The van der Waals surface area contributed by atoms with Gasteiger partial charge in [-0.2, -0.15) is 0 Å². The summed E-state index contributed by atoms with van der Waals surface area (Å²) in [5.74, 6) is 0. The monoisotopic (exact) mass is 238 g/mol. The van der Waals surface area contributed by atoms with Crippen molar-refractivity contribution in [3.63, 3.8) is 0 Å². The number of hydrogen-bond acceptors (Lipinski definition) is 1. The van der Waals surface area contributed by atoms with Gasteiger partial charge in [0.15, 0.2) is 0 Å². The van der Waals surface area contributed by atoms with Gasteiger partial charge in [-0.15, -0.1) is 0 Å². The molecule has 1 aromatic carbocycles. The van der Waals surface area contributed by atoms with Gasteiger partial charge in [0.05, 0.1) is 0 Å². The SMILES string of the molecule is CCn1c2c(c3cc(N)ccc31)C/C=C\C/C=C/2. The molecule has 0 saturated carbocycles. The Labute approximate surface area is 107 Å². The maximum absolute atomic E-state index is 5.93. The van der Waals surface area contributed by atoms with Crippen molar-refractivity contribution in [2.75, 3.05) is 5.73 Å². The zero-order chi connectivity index (χ0) is 12.5. The molecule has 0 aliphatic heterocycles. The van der Waals surface area contributed by atoms with Crippen LogP contribution in [0.15, 0.2) is 36.4 Å². The fourth-order valence-electron chi connectivity index (χ4n) is 2.76. The summed E-state index contributed by atoms with van der Waals surface area (Å²) in [7, 11) is 0. The Morgan fingerprint density at radius 1 is 1.22 bits per heavy atom. The Morgan fingerprint density at radius 3 is 2.94 bits per heavy atom. The highest BCUT2D eigenvalue weighted by molar-refractivity contribution is 5.90. The number of nitrogens with two attached hydrogens (primary N) is 1. The minimum Gasteiger partial charge on any atom is -0.399 e. The third kappa shape index (κ3) is 1.65. The number of allylic oxidation sites excluding steroid dienone is 3. The van der Waals surface area contributed by atoms with Gasteiger partial charge in [-0.3, -0.25) is 0 Å². The first-order chi connectivity index (χ1) is 8.81. The number of rotatable bonds is 1. The summed E-state index contributed by atoms with van der Waals surface area (Å²) < 4.78 is 2.37. The molecule has 3 rings (SSSR count). The molecule has 1 aromatic heterocycles. The number of benzene rings is 1. The Bertz CT molecular complexity index is 645. The Kier molecular flexibility index (Phi) is 2.71. The molecule has 18 heavy (non-hydrogen) atoms. The highest BCUT2D eigenvalue weighted by atomic mass is 15.0. The fraction of sp³-hybridized carbons (Fsp3) is 0.250. The van der Waals surface area contributed by atoms with E-state index >= 15 is 0 Å². The number of aromatic nitrogens is 1. The van der Waals surface area contributed by atoms with E-state index in [1.165, 1.54) is 22.2 Å². The lowest BCUT2D eigenvalue weighted by Gasteiger charge is -2.06. The van der Waals surface area contributed by atoms with Crippen LogP contribution in [-0.4, -0.2) is 4.57 Å². The first kappa shape index (κ1) is 11.1. The van der Waals surface area contributed by atoms with Crippen molar-refractivity contribution >= 4 is 22.7 Å². The molecule has 0 saturated heterocycles. The average Bonchev–Trinajstić information content (AvgIpc) is 2.60. The summed E-state index contributed by atoms with van der Waals surface area (Å²) in [5.41, 5.74) is 10.8. The second-order valence-electron chi connectivity index (χ2n) is 4.70. The Hall–Kier alpha value is -1.96. The number of nitrogen functional groups attached to an aromatic ring is 1. The van der Waals surface area contributed by atoms with Gasteiger partial charge in [0, 0.05) is 28.8 Å². The number of hydrogen-bond donors (Lipinski definition) is 1. The van der Waals surface area contributed by atoms with Gasteiger partial charge in [-0.05, 0) is 49.6 Å². The molecule has 1 heterocycles. The van der Waals surface area contributed by atoms with Crippen LogP contribution in [0.1, 0.15) is 24.6 Å². The largest absolute Gasteiger partial charge is 0.399 e. The highest BCUT2D eigenvalue weighted by Gasteiger charge is 2.14. The van der Waals surface area contributed by atoms with Gasteiger partial charge in [-0.1, -0.05) is 18.2 Å². The van der Waals surface area contributed by atoms with E-state index in [2.05, 4.69) is 47.9 Å². The summed E-state index contributed by atoms with van der Waals surface area (Å²) >= 11 is 0. The van der Waals surface area contributed by atoms with Crippen molar-refractivity contribution in [2.45, 2.75) is 26.3 Å². The smallest absolute Gasteiger partial charge is 0.0489 e. The molecule has 2 heteroatoms. The molecule has 1 aliphatic carbocycles. The van der Waals surface area contributed by atoms with E-state index in [-0.39, 0.29) is 0 Å². The van der Waals surface area contributed by atoms with E-state index < -0.39 is 0 Å². The number of aryl methyl sites for hydroxylation is 1. The van der Waals surface area contributed by atoms with Gasteiger partial charge >= 0.3 is 0 Å². The quantitative estimate of drug-likeness (QED) is 0.595. The predicted octanol–water partition coefficient (Wildman–Crippen LogP) is 3.76. The normalized spacial score (nSPS) is 18.1. The van der Waals surface area contributed by atoms with Crippen LogP contribution in [0.4, 0.5) is 5.69 Å². The standard InChI is InChI=1S/C16H18N2/c1-2-18-15-8-6-4-3-5-7-13(15)14-11-12(17)9-10-16(14)18/h3,5-6,8-11H,2,4,7,17H2,1H3/b5-3-,8-6+. The van der Waals surface area contributed by atoms with Gasteiger partial charge in [0.1, 0.15) is 0 Å². The third-order valence-electron chi connectivity index (χ3n) is 3.59. The lowest BCUT2D eigenvalue weighted by molar-refractivity contribution is 0.785. The third-order valence-corrected chi connectivity index (χ3v) is 3.59. The van der Waals surface area contributed by atoms with Crippen molar-refractivity contribution in [3.8, 4) is 0 Å². The van der Waals surface area contributed by atoms with Crippen molar-refractivity contribution < 1.29 is 0 Å². The molecule has 2 nitrogen and oxygen atoms in total. The zero-order valence-corrected chi connectivity index (χ0v) is 10.7. The van der Waals surface area contributed by atoms with E-state index in [1.807, 2.05) is 6.07 Å². The second-order valence-corrected chi connectivity index (χ2v) is 4.70. The van der Waals surface area contributed by atoms with Crippen molar-refractivity contribution in [1.82, 2.24) is 4.57 Å².